The summed E-state index contributed by atoms with van der Waals surface area (Å²) in [6, 6.07) is 6.35. The summed E-state index contributed by atoms with van der Waals surface area (Å²) in [5.41, 5.74) is 0.851. The SMILES string of the molecule is CCNc1ccc(S(=O)(=O)NCC(=O)NC(C)C)cc1. The third-order valence-electron chi connectivity index (χ3n) is 2.42. The van der Waals surface area contributed by atoms with Gasteiger partial charge in [0.1, 0.15) is 0 Å². The van der Waals surface area contributed by atoms with Crippen molar-refractivity contribution in [2.24, 2.45) is 0 Å². The highest BCUT2D eigenvalue weighted by Gasteiger charge is 2.15. The van der Waals surface area contributed by atoms with Crippen LogP contribution in [0.15, 0.2) is 29.2 Å². The van der Waals surface area contributed by atoms with Crippen molar-refractivity contribution in [1.82, 2.24) is 10.0 Å². The minimum atomic E-state index is -3.66. The number of rotatable bonds is 7. The monoisotopic (exact) mass is 299 g/mol. The lowest BCUT2D eigenvalue weighted by atomic mass is 10.3. The zero-order valence-electron chi connectivity index (χ0n) is 11.9. The Labute approximate surface area is 120 Å². The Morgan fingerprint density at radius 3 is 2.30 bits per heavy atom. The van der Waals surface area contributed by atoms with E-state index in [1.807, 2.05) is 20.8 Å². The first-order valence-electron chi connectivity index (χ1n) is 6.48. The molecule has 3 N–H and O–H groups in total. The van der Waals surface area contributed by atoms with Gasteiger partial charge in [-0.2, -0.15) is 0 Å². The van der Waals surface area contributed by atoms with E-state index in [0.717, 1.165) is 12.2 Å². The predicted molar refractivity (Wildman–Crippen MR) is 79.1 cm³/mol. The maximum atomic E-state index is 12.0. The largest absolute Gasteiger partial charge is 0.385 e. The molecule has 0 aliphatic carbocycles. The number of hydrogen-bond donors (Lipinski definition) is 3. The van der Waals surface area contributed by atoms with Crippen molar-refractivity contribution in [3.05, 3.63) is 24.3 Å². The maximum Gasteiger partial charge on any atom is 0.241 e. The van der Waals surface area contributed by atoms with Gasteiger partial charge in [0.05, 0.1) is 11.4 Å². The van der Waals surface area contributed by atoms with E-state index in [4.69, 9.17) is 0 Å². The van der Waals surface area contributed by atoms with Crippen molar-refractivity contribution in [1.29, 1.82) is 0 Å². The number of anilines is 1. The summed E-state index contributed by atoms with van der Waals surface area (Å²) in [6.45, 7) is 6.08. The van der Waals surface area contributed by atoms with Crippen LogP contribution in [0.5, 0.6) is 0 Å². The maximum absolute atomic E-state index is 12.0. The topological polar surface area (TPSA) is 87.3 Å². The van der Waals surface area contributed by atoms with Crippen LogP contribution in [0.1, 0.15) is 20.8 Å². The highest BCUT2D eigenvalue weighted by molar-refractivity contribution is 7.89. The van der Waals surface area contributed by atoms with Crippen LogP contribution in [0, 0.1) is 0 Å². The van der Waals surface area contributed by atoms with Gasteiger partial charge in [-0.3, -0.25) is 4.79 Å². The Bertz CT molecular complexity index is 538. The van der Waals surface area contributed by atoms with E-state index in [1.54, 1.807) is 12.1 Å². The number of hydrogen-bond acceptors (Lipinski definition) is 4. The van der Waals surface area contributed by atoms with E-state index in [9.17, 15) is 13.2 Å². The minimum Gasteiger partial charge on any atom is -0.385 e. The van der Waals surface area contributed by atoms with Crippen LogP contribution in [-0.2, 0) is 14.8 Å². The molecular weight excluding hydrogens is 278 g/mol. The van der Waals surface area contributed by atoms with Crippen LogP contribution in [0.4, 0.5) is 5.69 Å². The molecule has 20 heavy (non-hydrogen) atoms. The number of sulfonamides is 1. The van der Waals surface area contributed by atoms with E-state index < -0.39 is 10.0 Å². The molecule has 0 unspecified atom stereocenters. The molecule has 0 bridgehead atoms. The second-order valence-corrected chi connectivity index (χ2v) is 6.37. The lowest BCUT2D eigenvalue weighted by Gasteiger charge is -2.10. The van der Waals surface area contributed by atoms with Crippen molar-refractivity contribution in [3.8, 4) is 0 Å². The first-order chi connectivity index (χ1) is 9.35. The molecule has 1 amide bonds. The van der Waals surface area contributed by atoms with Crippen molar-refractivity contribution >= 4 is 21.6 Å². The van der Waals surface area contributed by atoms with Crippen LogP contribution >= 0.6 is 0 Å². The molecule has 1 aromatic rings. The molecule has 0 atom stereocenters. The molecule has 0 spiro atoms. The van der Waals surface area contributed by atoms with E-state index >= 15 is 0 Å². The summed E-state index contributed by atoms with van der Waals surface area (Å²) < 4.78 is 26.2. The lowest BCUT2D eigenvalue weighted by molar-refractivity contribution is -0.120. The van der Waals surface area contributed by atoms with E-state index in [-0.39, 0.29) is 23.4 Å². The molecule has 0 aliphatic heterocycles. The zero-order chi connectivity index (χ0) is 15.2. The smallest absolute Gasteiger partial charge is 0.241 e. The second-order valence-electron chi connectivity index (χ2n) is 4.60. The number of carbonyl (C=O) groups is 1. The van der Waals surface area contributed by atoms with Gasteiger partial charge in [-0.15, -0.1) is 0 Å². The number of carbonyl (C=O) groups excluding carboxylic acids is 1. The molecule has 0 aromatic heterocycles. The second kappa shape index (κ2) is 7.25. The molecular formula is C13H21N3O3S. The average molecular weight is 299 g/mol. The molecule has 0 radical (unpaired) electrons. The third-order valence-corrected chi connectivity index (χ3v) is 3.84. The van der Waals surface area contributed by atoms with E-state index in [1.165, 1.54) is 12.1 Å². The fourth-order valence-electron chi connectivity index (χ4n) is 1.57. The van der Waals surface area contributed by atoms with Gasteiger partial charge in [-0.25, -0.2) is 13.1 Å². The Balaban J connectivity index is 2.66. The van der Waals surface area contributed by atoms with Gasteiger partial charge in [-0.1, -0.05) is 0 Å². The molecule has 1 rings (SSSR count). The summed E-state index contributed by atoms with van der Waals surface area (Å²) in [6.07, 6.45) is 0. The van der Waals surface area contributed by atoms with Crippen LogP contribution in [0.3, 0.4) is 0 Å². The Kier molecular flexibility index (Phi) is 5.97. The summed E-state index contributed by atoms with van der Waals surface area (Å²) in [5.74, 6) is -0.354. The number of amides is 1. The predicted octanol–water partition coefficient (Wildman–Crippen LogP) is 0.921. The van der Waals surface area contributed by atoms with Crippen molar-refractivity contribution < 1.29 is 13.2 Å². The van der Waals surface area contributed by atoms with Crippen LogP contribution in [-0.4, -0.2) is 33.5 Å². The van der Waals surface area contributed by atoms with Crippen LogP contribution in [0.2, 0.25) is 0 Å². The van der Waals surface area contributed by atoms with Gasteiger partial charge in [0, 0.05) is 18.3 Å². The van der Waals surface area contributed by atoms with E-state index in [2.05, 4.69) is 15.4 Å². The fraction of sp³-hybridized carbons (Fsp3) is 0.462. The average Bonchev–Trinajstić information content (AvgIpc) is 2.37. The third kappa shape index (κ3) is 5.18. The molecule has 0 saturated heterocycles. The molecule has 0 aliphatic rings. The number of nitrogens with one attached hydrogen (secondary N) is 3. The van der Waals surface area contributed by atoms with Crippen LogP contribution in [0.25, 0.3) is 0 Å². The van der Waals surface area contributed by atoms with Gasteiger partial charge >= 0.3 is 0 Å². The first-order valence-corrected chi connectivity index (χ1v) is 7.96. The molecule has 7 heteroatoms. The summed E-state index contributed by atoms with van der Waals surface area (Å²) in [7, 11) is -3.66. The van der Waals surface area contributed by atoms with Gasteiger partial charge in [0.2, 0.25) is 15.9 Å². The lowest BCUT2D eigenvalue weighted by Crippen LogP contribution is -2.39. The molecule has 0 saturated carbocycles. The van der Waals surface area contributed by atoms with Gasteiger partial charge < -0.3 is 10.6 Å². The Hall–Kier alpha value is -1.60. The van der Waals surface area contributed by atoms with Gasteiger partial charge in [-0.05, 0) is 45.0 Å². The standard InChI is InChI=1S/C13H21N3O3S/c1-4-14-11-5-7-12(8-6-11)20(18,19)15-9-13(17)16-10(2)3/h5-8,10,14-15H,4,9H2,1-3H3,(H,16,17). The highest BCUT2D eigenvalue weighted by atomic mass is 32.2. The summed E-state index contributed by atoms with van der Waals surface area (Å²) >= 11 is 0. The first kappa shape index (κ1) is 16.5. The zero-order valence-corrected chi connectivity index (χ0v) is 12.8. The van der Waals surface area contributed by atoms with Gasteiger partial charge in [0.15, 0.2) is 0 Å². The minimum absolute atomic E-state index is 0.0218. The molecule has 6 nitrogen and oxygen atoms in total. The van der Waals surface area contributed by atoms with Crippen LogP contribution < -0.4 is 15.4 Å². The normalized spacial score (nSPS) is 11.4. The van der Waals surface area contributed by atoms with Gasteiger partial charge in [0.25, 0.3) is 0 Å². The molecule has 1 aromatic carbocycles. The molecule has 112 valence electrons. The van der Waals surface area contributed by atoms with Crippen molar-refractivity contribution in [2.75, 3.05) is 18.4 Å². The van der Waals surface area contributed by atoms with E-state index in [0.29, 0.717) is 0 Å². The Morgan fingerprint density at radius 1 is 1.20 bits per heavy atom. The molecule has 0 fully saturated rings. The Morgan fingerprint density at radius 2 is 1.80 bits per heavy atom. The summed E-state index contributed by atoms with van der Waals surface area (Å²) in [4.78, 5) is 11.6. The quantitative estimate of drug-likeness (QED) is 0.699. The van der Waals surface area contributed by atoms with Crippen molar-refractivity contribution in [3.63, 3.8) is 0 Å². The highest BCUT2D eigenvalue weighted by Crippen LogP contribution is 2.13. The van der Waals surface area contributed by atoms with Crippen molar-refractivity contribution in [2.45, 2.75) is 31.7 Å². The fourth-order valence-corrected chi connectivity index (χ4v) is 2.56. The molecule has 0 heterocycles. The summed E-state index contributed by atoms with van der Waals surface area (Å²) in [5, 5.41) is 5.70. The number of benzene rings is 1.